The Morgan fingerprint density at radius 2 is 2.05 bits per heavy atom. The summed E-state index contributed by atoms with van der Waals surface area (Å²) in [6.07, 6.45) is 0. The molecule has 6 heteroatoms. The molecule has 1 amide bonds. The van der Waals surface area contributed by atoms with Crippen molar-refractivity contribution >= 4 is 29.0 Å². The molecule has 0 N–H and O–H groups in total. The van der Waals surface area contributed by atoms with E-state index in [1.165, 1.54) is 34.2 Å². The zero-order chi connectivity index (χ0) is 14.5. The predicted octanol–water partition coefficient (Wildman–Crippen LogP) is 2.91. The molecule has 106 valence electrons. The molecule has 2 rings (SSSR count). The lowest BCUT2D eigenvalue weighted by Crippen LogP contribution is -2.28. The zero-order valence-electron chi connectivity index (χ0n) is 11.8. The highest BCUT2D eigenvalue weighted by molar-refractivity contribution is 8.01. The summed E-state index contributed by atoms with van der Waals surface area (Å²) in [5.41, 5.74) is 2.39. The Hall–Kier alpha value is -1.40. The van der Waals surface area contributed by atoms with Gasteiger partial charge in [-0.2, -0.15) is 0 Å². The third-order valence-electron chi connectivity index (χ3n) is 2.92. The van der Waals surface area contributed by atoms with E-state index in [0.717, 1.165) is 9.35 Å². The van der Waals surface area contributed by atoms with Gasteiger partial charge in [0, 0.05) is 13.6 Å². The first-order chi connectivity index (χ1) is 9.56. The number of amides is 1. The van der Waals surface area contributed by atoms with Crippen molar-refractivity contribution in [3.63, 3.8) is 0 Å². The van der Waals surface area contributed by atoms with E-state index in [1.54, 1.807) is 4.90 Å². The van der Waals surface area contributed by atoms with Crippen LogP contribution in [-0.4, -0.2) is 33.8 Å². The van der Waals surface area contributed by atoms with Crippen LogP contribution in [0.4, 0.5) is 0 Å². The average Bonchev–Trinajstić information content (AvgIpc) is 2.84. The SMILES string of the molecule is Cc1nnc(SCC(=O)N(C)Cc2ccccc2C)s1. The highest BCUT2D eigenvalue weighted by atomic mass is 32.2. The molecule has 0 saturated heterocycles. The van der Waals surface area contributed by atoms with Gasteiger partial charge in [0.25, 0.3) is 0 Å². The summed E-state index contributed by atoms with van der Waals surface area (Å²) in [6, 6.07) is 8.13. The topological polar surface area (TPSA) is 46.1 Å². The van der Waals surface area contributed by atoms with Crippen molar-refractivity contribution in [2.24, 2.45) is 0 Å². The summed E-state index contributed by atoms with van der Waals surface area (Å²) < 4.78 is 0.847. The second-order valence-electron chi connectivity index (χ2n) is 4.55. The summed E-state index contributed by atoms with van der Waals surface area (Å²) in [5, 5.41) is 8.87. The first kappa shape index (κ1) is 15.0. The second kappa shape index (κ2) is 6.85. The lowest BCUT2D eigenvalue weighted by Gasteiger charge is -2.18. The number of benzene rings is 1. The van der Waals surface area contributed by atoms with Gasteiger partial charge in [0.05, 0.1) is 5.75 Å². The van der Waals surface area contributed by atoms with Crippen LogP contribution >= 0.6 is 23.1 Å². The minimum absolute atomic E-state index is 0.103. The van der Waals surface area contributed by atoms with E-state index in [0.29, 0.717) is 12.3 Å². The molecule has 1 aromatic carbocycles. The molecule has 1 heterocycles. The molecule has 0 fully saturated rings. The summed E-state index contributed by atoms with van der Waals surface area (Å²) in [5.74, 6) is 0.503. The predicted molar refractivity (Wildman–Crippen MR) is 83.0 cm³/mol. The van der Waals surface area contributed by atoms with E-state index in [1.807, 2.05) is 26.1 Å². The van der Waals surface area contributed by atoms with Crippen LogP contribution in [0.15, 0.2) is 28.6 Å². The second-order valence-corrected chi connectivity index (χ2v) is 6.96. The Kier molecular flexibility index (Phi) is 5.14. The van der Waals surface area contributed by atoms with Gasteiger partial charge in [-0.15, -0.1) is 10.2 Å². The number of aromatic nitrogens is 2. The van der Waals surface area contributed by atoms with E-state index in [2.05, 4.69) is 29.3 Å². The Morgan fingerprint density at radius 1 is 1.30 bits per heavy atom. The Labute approximate surface area is 127 Å². The van der Waals surface area contributed by atoms with Gasteiger partial charge >= 0.3 is 0 Å². The van der Waals surface area contributed by atoms with Gasteiger partial charge < -0.3 is 4.90 Å². The third-order valence-corrected chi connectivity index (χ3v) is 4.88. The molecule has 20 heavy (non-hydrogen) atoms. The average molecular weight is 307 g/mol. The molecule has 0 aliphatic rings. The summed E-state index contributed by atoms with van der Waals surface area (Å²) in [7, 11) is 1.83. The fourth-order valence-corrected chi connectivity index (χ4v) is 3.46. The number of nitrogens with zero attached hydrogens (tertiary/aromatic N) is 3. The number of carbonyl (C=O) groups is 1. The fourth-order valence-electron chi connectivity index (χ4n) is 1.70. The summed E-state index contributed by atoms with van der Waals surface area (Å²) in [4.78, 5) is 13.9. The summed E-state index contributed by atoms with van der Waals surface area (Å²) >= 11 is 2.96. The van der Waals surface area contributed by atoms with Crippen molar-refractivity contribution < 1.29 is 4.79 Å². The van der Waals surface area contributed by atoms with Crippen LogP contribution in [0.2, 0.25) is 0 Å². The van der Waals surface area contributed by atoms with Crippen LogP contribution in [0.5, 0.6) is 0 Å². The number of carbonyl (C=O) groups excluding carboxylic acids is 1. The molecule has 0 aliphatic carbocycles. The maximum atomic E-state index is 12.1. The Morgan fingerprint density at radius 3 is 2.70 bits per heavy atom. The van der Waals surface area contributed by atoms with Crippen LogP contribution in [0.3, 0.4) is 0 Å². The van der Waals surface area contributed by atoms with Crippen LogP contribution in [0, 0.1) is 13.8 Å². The minimum atomic E-state index is 0.103. The fraction of sp³-hybridized carbons (Fsp3) is 0.357. The highest BCUT2D eigenvalue weighted by Gasteiger charge is 2.12. The molecule has 2 aromatic rings. The molecule has 0 aliphatic heterocycles. The maximum absolute atomic E-state index is 12.1. The number of thioether (sulfide) groups is 1. The van der Waals surface area contributed by atoms with Crippen molar-refractivity contribution in [2.75, 3.05) is 12.8 Å². The van der Waals surface area contributed by atoms with Crippen molar-refractivity contribution in [3.05, 3.63) is 40.4 Å². The smallest absolute Gasteiger partial charge is 0.233 e. The number of aryl methyl sites for hydroxylation is 2. The minimum Gasteiger partial charge on any atom is -0.341 e. The number of hydrogen-bond acceptors (Lipinski definition) is 5. The quantitative estimate of drug-likeness (QED) is 0.797. The highest BCUT2D eigenvalue weighted by Crippen LogP contribution is 2.22. The molecule has 0 spiro atoms. The van der Waals surface area contributed by atoms with Gasteiger partial charge in [-0.1, -0.05) is 47.4 Å². The molecule has 0 radical (unpaired) electrons. The van der Waals surface area contributed by atoms with Crippen LogP contribution < -0.4 is 0 Å². The number of hydrogen-bond donors (Lipinski definition) is 0. The van der Waals surface area contributed by atoms with Crippen LogP contribution in [-0.2, 0) is 11.3 Å². The van der Waals surface area contributed by atoms with E-state index in [-0.39, 0.29) is 5.91 Å². The van der Waals surface area contributed by atoms with E-state index in [4.69, 9.17) is 0 Å². The maximum Gasteiger partial charge on any atom is 0.233 e. The Bertz CT molecular complexity index is 598. The first-order valence-electron chi connectivity index (χ1n) is 6.27. The molecule has 1 aromatic heterocycles. The molecule has 0 bridgehead atoms. The van der Waals surface area contributed by atoms with E-state index < -0.39 is 0 Å². The van der Waals surface area contributed by atoms with Crippen LogP contribution in [0.1, 0.15) is 16.1 Å². The van der Waals surface area contributed by atoms with Crippen molar-refractivity contribution in [3.8, 4) is 0 Å². The first-order valence-corrected chi connectivity index (χ1v) is 8.08. The molecular formula is C14H17N3OS2. The van der Waals surface area contributed by atoms with E-state index in [9.17, 15) is 4.79 Å². The summed E-state index contributed by atoms with van der Waals surface area (Å²) in [6.45, 7) is 4.61. The lowest BCUT2D eigenvalue weighted by atomic mass is 10.1. The Balaban J connectivity index is 1.87. The molecule has 4 nitrogen and oxygen atoms in total. The lowest BCUT2D eigenvalue weighted by molar-refractivity contribution is -0.127. The van der Waals surface area contributed by atoms with Gasteiger partial charge in [0.1, 0.15) is 5.01 Å². The third kappa shape index (κ3) is 4.05. The number of rotatable bonds is 5. The van der Waals surface area contributed by atoms with Gasteiger partial charge in [-0.05, 0) is 25.0 Å². The van der Waals surface area contributed by atoms with Crippen molar-refractivity contribution in [1.29, 1.82) is 0 Å². The van der Waals surface area contributed by atoms with Gasteiger partial charge in [-0.3, -0.25) is 4.79 Å². The molecule has 0 saturated carbocycles. The monoisotopic (exact) mass is 307 g/mol. The van der Waals surface area contributed by atoms with Crippen LogP contribution in [0.25, 0.3) is 0 Å². The van der Waals surface area contributed by atoms with Gasteiger partial charge in [-0.25, -0.2) is 0 Å². The van der Waals surface area contributed by atoms with Gasteiger partial charge in [0.15, 0.2) is 4.34 Å². The largest absolute Gasteiger partial charge is 0.341 e. The van der Waals surface area contributed by atoms with Gasteiger partial charge in [0.2, 0.25) is 5.91 Å². The normalized spacial score (nSPS) is 10.6. The van der Waals surface area contributed by atoms with Crippen molar-refractivity contribution in [2.45, 2.75) is 24.7 Å². The standard InChI is InChI=1S/C14H17N3OS2/c1-10-6-4-5-7-12(10)8-17(3)13(18)9-19-14-16-15-11(2)20-14/h4-7H,8-9H2,1-3H3. The van der Waals surface area contributed by atoms with E-state index >= 15 is 0 Å². The zero-order valence-corrected chi connectivity index (χ0v) is 13.4. The molecule has 0 atom stereocenters. The van der Waals surface area contributed by atoms with Crippen molar-refractivity contribution in [1.82, 2.24) is 15.1 Å². The molecular weight excluding hydrogens is 290 g/mol. The molecule has 0 unspecified atom stereocenters.